The zero-order valence-electron chi connectivity index (χ0n) is 16.9. The molecule has 3 amide bonds. The third kappa shape index (κ3) is 4.21. The number of aromatic nitrogens is 2. The standard InChI is InChI=1S/C20H27N5O2S2/c1-9-11(3)29-18-16(9)17(21)24-20(25-18)28-8-15(26)23-19(27)22-10(2)14-7-12-4-5-13(14)6-12/h10,12-14H,4-8H2,1-3H3,(H2,21,24,25)(H2,22,23,26,27). The van der Waals surface area contributed by atoms with Gasteiger partial charge in [-0.25, -0.2) is 14.8 Å². The van der Waals surface area contributed by atoms with Crippen molar-refractivity contribution in [3.63, 3.8) is 0 Å². The van der Waals surface area contributed by atoms with Crippen LogP contribution in [0.15, 0.2) is 5.16 Å². The minimum Gasteiger partial charge on any atom is -0.383 e. The number of urea groups is 1. The van der Waals surface area contributed by atoms with Crippen LogP contribution in [-0.4, -0.2) is 33.7 Å². The fraction of sp³-hybridized carbons (Fsp3) is 0.600. The van der Waals surface area contributed by atoms with Gasteiger partial charge in [-0.2, -0.15) is 0 Å². The molecule has 2 aromatic rings. The van der Waals surface area contributed by atoms with Crippen molar-refractivity contribution < 1.29 is 9.59 Å². The highest BCUT2D eigenvalue weighted by atomic mass is 32.2. The van der Waals surface area contributed by atoms with Gasteiger partial charge in [0.25, 0.3) is 0 Å². The first-order valence-electron chi connectivity index (χ1n) is 10.1. The van der Waals surface area contributed by atoms with E-state index in [0.29, 0.717) is 16.9 Å². The summed E-state index contributed by atoms with van der Waals surface area (Å²) < 4.78 is 0. The summed E-state index contributed by atoms with van der Waals surface area (Å²) in [5, 5.41) is 6.70. The van der Waals surface area contributed by atoms with Crippen LogP contribution in [0.4, 0.5) is 10.6 Å². The van der Waals surface area contributed by atoms with Crippen molar-refractivity contribution in [1.29, 1.82) is 0 Å². The van der Waals surface area contributed by atoms with Crippen LogP contribution in [0.25, 0.3) is 10.2 Å². The topological polar surface area (TPSA) is 110 Å². The van der Waals surface area contributed by atoms with Crippen molar-refractivity contribution in [2.24, 2.45) is 17.8 Å². The lowest BCUT2D eigenvalue weighted by Crippen LogP contribution is -2.47. The van der Waals surface area contributed by atoms with E-state index in [1.807, 2.05) is 20.8 Å². The van der Waals surface area contributed by atoms with Gasteiger partial charge in [0.05, 0.1) is 11.1 Å². The number of anilines is 1. The second kappa shape index (κ2) is 8.10. The van der Waals surface area contributed by atoms with Crippen LogP contribution in [0.3, 0.4) is 0 Å². The van der Waals surface area contributed by atoms with Crippen molar-refractivity contribution in [2.45, 2.75) is 57.7 Å². The van der Waals surface area contributed by atoms with Crippen molar-refractivity contribution in [3.8, 4) is 0 Å². The number of imide groups is 1. The van der Waals surface area contributed by atoms with Crippen molar-refractivity contribution in [3.05, 3.63) is 10.4 Å². The molecule has 0 aromatic carbocycles. The number of rotatable bonds is 5. The third-order valence-corrected chi connectivity index (χ3v) is 8.36. The Morgan fingerprint density at radius 1 is 1.28 bits per heavy atom. The molecule has 2 aromatic heterocycles. The molecular weight excluding hydrogens is 406 g/mol. The first-order valence-corrected chi connectivity index (χ1v) is 11.9. The summed E-state index contributed by atoms with van der Waals surface area (Å²) in [6.07, 6.45) is 5.09. The van der Waals surface area contributed by atoms with Gasteiger partial charge < -0.3 is 11.1 Å². The smallest absolute Gasteiger partial charge is 0.321 e. The van der Waals surface area contributed by atoms with Gasteiger partial charge in [-0.3, -0.25) is 10.1 Å². The molecule has 4 N–H and O–H groups in total. The van der Waals surface area contributed by atoms with Crippen LogP contribution in [0.5, 0.6) is 0 Å². The number of nitrogens with zero attached hydrogens (tertiary/aromatic N) is 2. The van der Waals surface area contributed by atoms with Gasteiger partial charge in [0.15, 0.2) is 5.16 Å². The highest BCUT2D eigenvalue weighted by Crippen LogP contribution is 2.49. The van der Waals surface area contributed by atoms with Gasteiger partial charge >= 0.3 is 6.03 Å². The van der Waals surface area contributed by atoms with Crippen LogP contribution < -0.4 is 16.4 Å². The minimum absolute atomic E-state index is 0.0597. The van der Waals surface area contributed by atoms with E-state index in [0.717, 1.165) is 32.5 Å². The van der Waals surface area contributed by atoms with Crippen molar-refractivity contribution >= 4 is 51.1 Å². The van der Waals surface area contributed by atoms with E-state index in [4.69, 9.17) is 5.73 Å². The molecule has 0 spiro atoms. The summed E-state index contributed by atoms with van der Waals surface area (Å²) in [6, 6.07) is -0.340. The average Bonchev–Trinajstić information content (AvgIpc) is 3.35. The zero-order chi connectivity index (χ0) is 20.7. The van der Waals surface area contributed by atoms with Gasteiger partial charge in [-0.05, 0) is 63.4 Å². The number of aryl methyl sites for hydroxylation is 2. The average molecular weight is 434 g/mol. The fourth-order valence-corrected chi connectivity index (χ4v) is 6.62. The predicted molar refractivity (Wildman–Crippen MR) is 117 cm³/mol. The molecule has 0 aliphatic heterocycles. The summed E-state index contributed by atoms with van der Waals surface area (Å²) in [7, 11) is 0. The lowest BCUT2D eigenvalue weighted by atomic mass is 9.84. The van der Waals surface area contributed by atoms with Gasteiger partial charge in [0, 0.05) is 10.9 Å². The Kier molecular flexibility index (Phi) is 5.70. The van der Waals surface area contributed by atoms with E-state index >= 15 is 0 Å². The number of nitrogens with two attached hydrogens (primary N) is 1. The molecule has 2 aliphatic rings. The molecule has 4 atom stereocenters. The molecular formula is C20H27N5O2S2. The molecule has 0 saturated heterocycles. The zero-order valence-corrected chi connectivity index (χ0v) is 18.6. The summed E-state index contributed by atoms with van der Waals surface area (Å²) in [5.74, 6) is 2.21. The molecule has 2 fully saturated rings. The Hall–Kier alpha value is -1.87. The van der Waals surface area contributed by atoms with E-state index in [9.17, 15) is 9.59 Å². The summed E-state index contributed by atoms with van der Waals surface area (Å²) >= 11 is 2.75. The van der Waals surface area contributed by atoms with Gasteiger partial charge in [0.1, 0.15) is 10.6 Å². The Morgan fingerprint density at radius 2 is 2.07 bits per heavy atom. The maximum Gasteiger partial charge on any atom is 0.321 e. The normalized spacial score (nSPS) is 24.0. The number of thioether (sulfide) groups is 1. The predicted octanol–water partition coefficient (Wildman–Crippen LogP) is 3.63. The number of thiophene rings is 1. The molecule has 4 rings (SSSR count). The number of hydrogen-bond donors (Lipinski definition) is 3. The summed E-state index contributed by atoms with van der Waals surface area (Å²) in [4.78, 5) is 35.2. The van der Waals surface area contributed by atoms with Crippen LogP contribution in [0.2, 0.25) is 0 Å². The fourth-order valence-electron chi connectivity index (χ4n) is 4.87. The molecule has 29 heavy (non-hydrogen) atoms. The SMILES string of the molecule is Cc1sc2nc(SCC(=O)NC(=O)NC(C)C3CC4CCC3C4)nc(N)c2c1C. The van der Waals surface area contributed by atoms with Gasteiger partial charge in [0.2, 0.25) is 5.91 Å². The van der Waals surface area contributed by atoms with E-state index in [2.05, 4.69) is 20.6 Å². The highest BCUT2D eigenvalue weighted by Gasteiger charge is 2.42. The Balaban J connectivity index is 1.28. The van der Waals surface area contributed by atoms with Gasteiger partial charge in [-0.15, -0.1) is 11.3 Å². The van der Waals surface area contributed by atoms with Crippen molar-refractivity contribution in [1.82, 2.24) is 20.6 Å². The van der Waals surface area contributed by atoms with Crippen LogP contribution >= 0.6 is 23.1 Å². The molecule has 2 saturated carbocycles. The quantitative estimate of drug-likeness (QED) is 0.491. The van der Waals surface area contributed by atoms with E-state index in [1.54, 1.807) is 11.3 Å². The number of carbonyl (C=O) groups excluding carboxylic acids is 2. The second-order valence-electron chi connectivity index (χ2n) is 8.29. The van der Waals surface area contributed by atoms with Crippen LogP contribution in [0, 0.1) is 31.6 Å². The van der Waals surface area contributed by atoms with E-state index in [-0.39, 0.29) is 17.7 Å². The monoisotopic (exact) mass is 433 g/mol. The summed E-state index contributed by atoms with van der Waals surface area (Å²) in [5.41, 5.74) is 7.17. The number of fused-ring (bicyclic) bond motifs is 3. The molecule has 2 bridgehead atoms. The molecule has 2 heterocycles. The third-order valence-electron chi connectivity index (χ3n) is 6.42. The maximum absolute atomic E-state index is 12.2. The first-order chi connectivity index (χ1) is 13.8. The molecule has 156 valence electrons. The number of nitrogens with one attached hydrogen (secondary N) is 2. The number of hydrogen-bond acceptors (Lipinski definition) is 7. The minimum atomic E-state index is -0.425. The lowest BCUT2D eigenvalue weighted by molar-refractivity contribution is -0.117. The largest absolute Gasteiger partial charge is 0.383 e. The van der Waals surface area contributed by atoms with Crippen LogP contribution in [0.1, 0.15) is 43.0 Å². The van der Waals surface area contributed by atoms with E-state index < -0.39 is 6.03 Å². The molecule has 2 aliphatic carbocycles. The number of nitrogen functional groups attached to an aromatic ring is 1. The molecule has 7 nitrogen and oxygen atoms in total. The lowest BCUT2D eigenvalue weighted by Gasteiger charge is -2.28. The second-order valence-corrected chi connectivity index (χ2v) is 10.4. The molecule has 0 radical (unpaired) electrons. The molecule has 4 unspecified atom stereocenters. The van der Waals surface area contributed by atoms with Gasteiger partial charge in [-0.1, -0.05) is 18.2 Å². The highest BCUT2D eigenvalue weighted by molar-refractivity contribution is 7.99. The summed E-state index contributed by atoms with van der Waals surface area (Å²) in [6.45, 7) is 6.07. The molecule has 9 heteroatoms. The Labute approximate surface area is 178 Å². The van der Waals surface area contributed by atoms with Crippen molar-refractivity contribution in [2.75, 3.05) is 11.5 Å². The first kappa shape index (κ1) is 20.4. The Morgan fingerprint density at radius 3 is 2.76 bits per heavy atom. The maximum atomic E-state index is 12.2. The van der Waals surface area contributed by atoms with Crippen LogP contribution in [-0.2, 0) is 4.79 Å². The van der Waals surface area contributed by atoms with E-state index in [1.165, 1.54) is 37.4 Å². The Bertz CT molecular complexity index is 960. The number of amides is 3. The number of carbonyl (C=O) groups is 2.